The molecule has 1 aromatic carbocycles. The lowest BCUT2D eigenvalue weighted by atomic mass is 9.98. The number of hydrogen-bond acceptors (Lipinski definition) is 2. The molecular weight excluding hydrogens is 248 g/mol. The molecule has 2 nitrogen and oxygen atoms in total. The third kappa shape index (κ3) is 5.77. The van der Waals surface area contributed by atoms with E-state index in [2.05, 4.69) is 39.0 Å². The van der Waals surface area contributed by atoms with Gasteiger partial charge in [-0.3, -0.25) is 4.79 Å². The van der Waals surface area contributed by atoms with Crippen LogP contribution in [0, 0.1) is 0 Å². The Labute approximate surface area is 123 Å². The summed E-state index contributed by atoms with van der Waals surface area (Å²) in [6.45, 7) is 7.11. The van der Waals surface area contributed by atoms with E-state index < -0.39 is 0 Å². The van der Waals surface area contributed by atoms with Crippen molar-refractivity contribution in [2.24, 2.45) is 0 Å². The average Bonchev–Trinajstić information content (AvgIpc) is 2.46. The standard InChI is InChI=1S/C18H28O2/c1-4-8-17(19)10-7-9-16-11-12-18(20-13-5-2)14-15(16)6-3/h11-12,14H,4-10,13H2,1-3H3. The third-order valence-corrected chi connectivity index (χ3v) is 3.46. The van der Waals surface area contributed by atoms with Crippen LogP contribution in [0.3, 0.4) is 0 Å². The molecule has 0 heterocycles. The number of carbonyl (C=O) groups is 1. The first kappa shape index (κ1) is 16.7. The Bertz CT molecular complexity index is 410. The Morgan fingerprint density at radius 1 is 1.05 bits per heavy atom. The fourth-order valence-electron chi connectivity index (χ4n) is 2.36. The summed E-state index contributed by atoms with van der Waals surface area (Å²) in [6, 6.07) is 6.37. The summed E-state index contributed by atoms with van der Waals surface area (Å²) >= 11 is 0. The first-order valence-corrected chi connectivity index (χ1v) is 7.97. The Morgan fingerprint density at radius 2 is 1.85 bits per heavy atom. The molecule has 0 unspecified atom stereocenters. The minimum absolute atomic E-state index is 0.397. The summed E-state index contributed by atoms with van der Waals surface area (Å²) < 4.78 is 5.67. The lowest BCUT2D eigenvalue weighted by Crippen LogP contribution is -2.01. The van der Waals surface area contributed by atoms with E-state index in [1.54, 1.807) is 0 Å². The maximum atomic E-state index is 11.5. The van der Waals surface area contributed by atoms with E-state index >= 15 is 0 Å². The molecule has 0 spiro atoms. The highest BCUT2D eigenvalue weighted by molar-refractivity contribution is 5.78. The Morgan fingerprint density at radius 3 is 2.50 bits per heavy atom. The molecule has 0 amide bonds. The van der Waals surface area contributed by atoms with Crippen LogP contribution >= 0.6 is 0 Å². The van der Waals surface area contributed by atoms with E-state index in [1.807, 2.05) is 0 Å². The molecule has 0 aliphatic heterocycles. The van der Waals surface area contributed by atoms with Gasteiger partial charge in [-0.2, -0.15) is 0 Å². The van der Waals surface area contributed by atoms with Crippen LogP contribution in [0.2, 0.25) is 0 Å². The van der Waals surface area contributed by atoms with Crippen molar-refractivity contribution in [3.8, 4) is 5.75 Å². The molecule has 1 aromatic rings. The maximum Gasteiger partial charge on any atom is 0.132 e. The molecular formula is C18H28O2. The lowest BCUT2D eigenvalue weighted by Gasteiger charge is -2.11. The number of Topliss-reactive ketones (excluding diaryl/α,β-unsaturated/α-hetero) is 1. The van der Waals surface area contributed by atoms with Gasteiger partial charge in [0.15, 0.2) is 0 Å². The van der Waals surface area contributed by atoms with E-state index in [9.17, 15) is 4.79 Å². The lowest BCUT2D eigenvalue weighted by molar-refractivity contribution is -0.119. The number of carbonyl (C=O) groups excluding carboxylic acids is 1. The number of aryl methyl sites for hydroxylation is 2. The monoisotopic (exact) mass is 276 g/mol. The molecule has 0 saturated heterocycles. The molecule has 0 atom stereocenters. The van der Waals surface area contributed by atoms with Crippen molar-refractivity contribution in [1.82, 2.24) is 0 Å². The first-order chi connectivity index (χ1) is 9.71. The fourth-order valence-corrected chi connectivity index (χ4v) is 2.36. The van der Waals surface area contributed by atoms with Gasteiger partial charge in [0, 0.05) is 12.8 Å². The average molecular weight is 276 g/mol. The number of ether oxygens (including phenoxy) is 1. The van der Waals surface area contributed by atoms with E-state index in [0.717, 1.165) is 50.9 Å². The zero-order valence-corrected chi connectivity index (χ0v) is 13.2. The zero-order chi connectivity index (χ0) is 14.8. The zero-order valence-electron chi connectivity index (χ0n) is 13.2. The van der Waals surface area contributed by atoms with Gasteiger partial charge in [-0.25, -0.2) is 0 Å². The van der Waals surface area contributed by atoms with Crippen molar-refractivity contribution in [3.05, 3.63) is 29.3 Å². The molecule has 0 N–H and O–H groups in total. The minimum Gasteiger partial charge on any atom is -0.494 e. The highest BCUT2D eigenvalue weighted by Crippen LogP contribution is 2.20. The highest BCUT2D eigenvalue weighted by Gasteiger charge is 2.05. The summed E-state index contributed by atoms with van der Waals surface area (Å²) in [5.41, 5.74) is 2.71. The quantitative estimate of drug-likeness (QED) is 0.617. The molecule has 0 radical (unpaired) electrons. The molecule has 0 aromatic heterocycles. The molecule has 0 aliphatic rings. The van der Waals surface area contributed by atoms with Gasteiger partial charge in [-0.15, -0.1) is 0 Å². The van der Waals surface area contributed by atoms with Gasteiger partial charge in [0.2, 0.25) is 0 Å². The summed E-state index contributed by atoms with van der Waals surface area (Å²) in [7, 11) is 0. The van der Waals surface area contributed by atoms with Crippen LogP contribution in [0.5, 0.6) is 5.75 Å². The van der Waals surface area contributed by atoms with E-state index in [0.29, 0.717) is 12.2 Å². The second-order valence-corrected chi connectivity index (χ2v) is 5.27. The second-order valence-electron chi connectivity index (χ2n) is 5.27. The molecule has 20 heavy (non-hydrogen) atoms. The first-order valence-electron chi connectivity index (χ1n) is 7.97. The van der Waals surface area contributed by atoms with Gasteiger partial charge < -0.3 is 4.74 Å². The topological polar surface area (TPSA) is 26.3 Å². The molecule has 0 aliphatic carbocycles. The molecule has 1 rings (SSSR count). The molecule has 0 saturated carbocycles. The van der Waals surface area contributed by atoms with Crippen LogP contribution in [0.25, 0.3) is 0 Å². The van der Waals surface area contributed by atoms with Gasteiger partial charge in [0.05, 0.1) is 6.61 Å². The molecule has 112 valence electrons. The highest BCUT2D eigenvalue weighted by atomic mass is 16.5. The van der Waals surface area contributed by atoms with Gasteiger partial charge in [0.1, 0.15) is 11.5 Å². The SMILES string of the molecule is CCCOc1ccc(CCCC(=O)CCC)c(CC)c1. The van der Waals surface area contributed by atoms with Gasteiger partial charge in [-0.05, 0) is 55.4 Å². The second kappa shape index (κ2) is 9.57. The third-order valence-electron chi connectivity index (χ3n) is 3.46. The number of ketones is 1. The van der Waals surface area contributed by atoms with Crippen molar-refractivity contribution in [3.63, 3.8) is 0 Å². The van der Waals surface area contributed by atoms with Gasteiger partial charge in [-0.1, -0.05) is 26.8 Å². The largest absolute Gasteiger partial charge is 0.494 e. The predicted octanol–water partition coefficient (Wildman–Crippen LogP) is 4.73. The summed E-state index contributed by atoms with van der Waals surface area (Å²) in [6.07, 6.45) is 6.40. The minimum atomic E-state index is 0.397. The van der Waals surface area contributed by atoms with Crippen molar-refractivity contribution in [2.75, 3.05) is 6.61 Å². The van der Waals surface area contributed by atoms with Crippen molar-refractivity contribution in [2.45, 2.75) is 65.7 Å². The fraction of sp³-hybridized carbons (Fsp3) is 0.611. The van der Waals surface area contributed by atoms with E-state index in [-0.39, 0.29) is 0 Å². The van der Waals surface area contributed by atoms with Crippen LogP contribution in [-0.4, -0.2) is 12.4 Å². The number of rotatable bonds is 10. The van der Waals surface area contributed by atoms with Crippen LogP contribution < -0.4 is 4.74 Å². The van der Waals surface area contributed by atoms with E-state index in [4.69, 9.17) is 4.74 Å². The number of benzene rings is 1. The van der Waals surface area contributed by atoms with Crippen LogP contribution in [0.1, 0.15) is 64.0 Å². The van der Waals surface area contributed by atoms with Crippen LogP contribution in [0.15, 0.2) is 18.2 Å². The summed E-state index contributed by atoms with van der Waals surface area (Å²) in [5.74, 6) is 1.36. The molecule has 0 fully saturated rings. The predicted molar refractivity (Wildman–Crippen MR) is 84.5 cm³/mol. The summed E-state index contributed by atoms with van der Waals surface area (Å²) in [4.78, 5) is 11.5. The number of hydrogen-bond donors (Lipinski definition) is 0. The van der Waals surface area contributed by atoms with Crippen molar-refractivity contribution < 1.29 is 9.53 Å². The maximum absolute atomic E-state index is 11.5. The Kier molecular flexibility index (Phi) is 8.01. The molecule has 0 bridgehead atoms. The van der Waals surface area contributed by atoms with Crippen molar-refractivity contribution in [1.29, 1.82) is 0 Å². The van der Waals surface area contributed by atoms with Crippen LogP contribution in [0.4, 0.5) is 0 Å². The van der Waals surface area contributed by atoms with Gasteiger partial charge >= 0.3 is 0 Å². The smallest absolute Gasteiger partial charge is 0.132 e. The Hall–Kier alpha value is -1.31. The van der Waals surface area contributed by atoms with Gasteiger partial charge in [0.25, 0.3) is 0 Å². The summed E-state index contributed by atoms with van der Waals surface area (Å²) in [5, 5.41) is 0. The van der Waals surface area contributed by atoms with Crippen LogP contribution in [-0.2, 0) is 17.6 Å². The van der Waals surface area contributed by atoms with Crippen molar-refractivity contribution >= 4 is 5.78 Å². The molecule has 2 heteroatoms. The Balaban J connectivity index is 2.54. The van der Waals surface area contributed by atoms with E-state index in [1.165, 1.54) is 11.1 Å². The normalized spacial score (nSPS) is 10.6.